The molecule has 1 aliphatic heterocycles. The van der Waals surface area contributed by atoms with Gasteiger partial charge in [-0.2, -0.15) is 0 Å². The molecule has 2 atom stereocenters. The third-order valence-corrected chi connectivity index (χ3v) is 4.42. The molecular weight excluding hydrogens is 282 g/mol. The molecule has 6 heteroatoms. The highest BCUT2D eigenvalue weighted by Crippen LogP contribution is 2.37. The van der Waals surface area contributed by atoms with Crippen molar-refractivity contribution in [3.8, 4) is 0 Å². The largest absolute Gasteiger partial charge is 0.309 e. The lowest BCUT2D eigenvalue weighted by molar-refractivity contribution is -0.142. The lowest BCUT2D eigenvalue weighted by Crippen LogP contribution is -2.38. The summed E-state index contributed by atoms with van der Waals surface area (Å²) >= 11 is 0. The Labute approximate surface area is 128 Å². The van der Waals surface area contributed by atoms with E-state index in [0.717, 1.165) is 36.1 Å². The summed E-state index contributed by atoms with van der Waals surface area (Å²) in [5.41, 5.74) is 0.977. The van der Waals surface area contributed by atoms with Gasteiger partial charge in [-0.1, -0.05) is 12.8 Å². The molecule has 6 nitrogen and oxygen atoms in total. The van der Waals surface area contributed by atoms with E-state index in [1.54, 1.807) is 12.3 Å². The molecule has 2 fully saturated rings. The molecule has 3 amide bonds. The Morgan fingerprint density at radius 2 is 1.91 bits per heavy atom. The van der Waals surface area contributed by atoms with Crippen LogP contribution >= 0.6 is 0 Å². The standard InChI is InChI=1S/C16H19N3O3/c1-10-6-7-17-13(8-10)18-14(20)9-19-15(21)11-4-2-3-5-12(11)16(19)22/h6-8,11-12H,2-5,9H2,1H3,(H,17,18,20). The van der Waals surface area contributed by atoms with Crippen molar-refractivity contribution in [1.29, 1.82) is 0 Å². The van der Waals surface area contributed by atoms with Crippen molar-refractivity contribution in [3.05, 3.63) is 23.9 Å². The Bertz CT molecular complexity index is 605. The normalized spacial score (nSPS) is 24.3. The number of aromatic nitrogens is 1. The van der Waals surface area contributed by atoms with Gasteiger partial charge < -0.3 is 5.32 Å². The second-order valence-corrected chi connectivity index (χ2v) is 6.03. The summed E-state index contributed by atoms with van der Waals surface area (Å²) in [5, 5.41) is 2.64. The van der Waals surface area contributed by atoms with Crippen LogP contribution in [-0.2, 0) is 14.4 Å². The van der Waals surface area contributed by atoms with Crippen LogP contribution in [0.5, 0.6) is 0 Å². The van der Waals surface area contributed by atoms with Gasteiger partial charge in [0.15, 0.2) is 0 Å². The minimum absolute atomic E-state index is 0.193. The van der Waals surface area contributed by atoms with Gasteiger partial charge in [0.2, 0.25) is 17.7 Å². The van der Waals surface area contributed by atoms with Crippen molar-refractivity contribution in [3.63, 3.8) is 0 Å². The average molecular weight is 301 g/mol. The van der Waals surface area contributed by atoms with Crippen LogP contribution in [0.4, 0.5) is 5.82 Å². The first-order valence-electron chi connectivity index (χ1n) is 7.64. The van der Waals surface area contributed by atoms with Gasteiger partial charge in [-0.3, -0.25) is 19.3 Å². The van der Waals surface area contributed by atoms with Gasteiger partial charge in [-0.15, -0.1) is 0 Å². The summed E-state index contributed by atoms with van der Waals surface area (Å²) in [6, 6.07) is 3.57. The van der Waals surface area contributed by atoms with Crippen molar-refractivity contribution in [2.24, 2.45) is 11.8 Å². The highest BCUT2D eigenvalue weighted by atomic mass is 16.2. The van der Waals surface area contributed by atoms with E-state index in [0.29, 0.717) is 5.82 Å². The monoisotopic (exact) mass is 301 g/mol. The number of nitrogens with zero attached hydrogens (tertiary/aromatic N) is 2. The molecule has 1 aromatic rings. The molecule has 1 aliphatic carbocycles. The Kier molecular flexibility index (Phi) is 3.92. The molecule has 0 radical (unpaired) electrons. The van der Waals surface area contributed by atoms with Gasteiger partial charge in [-0.25, -0.2) is 4.98 Å². The van der Waals surface area contributed by atoms with Gasteiger partial charge in [0.1, 0.15) is 12.4 Å². The average Bonchev–Trinajstić information content (AvgIpc) is 2.73. The van der Waals surface area contributed by atoms with E-state index in [1.807, 2.05) is 13.0 Å². The maximum Gasteiger partial charge on any atom is 0.245 e. The number of fused-ring (bicyclic) bond motifs is 1. The number of aryl methyl sites for hydroxylation is 1. The molecule has 2 aliphatic rings. The fourth-order valence-corrected chi connectivity index (χ4v) is 3.32. The Balaban J connectivity index is 1.66. The predicted molar refractivity (Wildman–Crippen MR) is 79.8 cm³/mol. The first-order valence-corrected chi connectivity index (χ1v) is 7.64. The Hall–Kier alpha value is -2.24. The zero-order valence-electron chi connectivity index (χ0n) is 12.5. The first kappa shape index (κ1) is 14.7. The molecule has 0 aromatic carbocycles. The zero-order valence-corrected chi connectivity index (χ0v) is 12.5. The van der Waals surface area contributed by atoms with E-state index in [4.69, 9.17) is 0 Å². The number of imide groups is 1. The summed E-state index contributed by atoms with van der Waals surface area (Å²) in [6.07, 6.45) is 5.08. The number of amides is 3. The summed E-state index contributed by atoms with van der Waals surface area (Å²) < 4.78 is 0. The highest BCUT2D eigenvalue weighted by molar-refractivity contribution is 6.08. The van der Waals surface area contributed by atoms with Crippen LogP contribution in [0.3, 0.4) is 0 Å². The second-order valence-electron chi connectivity index (χ2n) is 6.03. The van der Waals surface area contributed by atoms with Crippen molar-refractivity contribution >= 4 is 23.5 Å². The van der Waals surface area contributed by atoms with E-state index < -0.39 is 5.91 Å². The van der Waals surface area contributed by atoms with Gasteiger partial charge in [0.25, 0.3) is 0 Å². The number of hydrogen-bond acceptors (Lipinski definition) is 4. The molecule has 3 rings (SSSR count). The number of nitrogens with one attached hydrogen (secondary N) is 1. The molecule has 1 N–H and O–H groups in total. The summed E-state index contributed by atoms with van der Waals surface area (Å²) in [4.78, 5) is 41.8. The number of carbonyl (C=O) groups is 3. The van der Waals surface area contributed by atoms with Crippen molar-refractivity contribution < 1.29 is 14.4 Å². The lowest BCUT2D eigenvalue weighted by atomic mass is 9.81. The number of anilines is 1. The molecule has 0 bridgehead atoms. The summed E-state index contributed by atoms with van der Waals surface area (Å²) in [5.74, 6) is -0.777. The number of carbonyl (C=O) groups excluding carboxylic acids is 3. The second kappa shape index (κ2) is 5.87. The van der Waals surface area contributed by atoms with E-state index >= 15 is 0 Å². The fourth-order valence-electron chi connectivity index (χ4n) is 3.32. The zero-order chi connectivity index (χ0) is 15.7. The smallest absolute Gasteiger partial charge is 0.245 e. The van der Waals surface area contributed by atoms with Crippen LogP contribution in [0.15, 0.2) is 18.3 Å². The third kappa shape index (κ3) is 2.73. The van der Waals surface area contributed by atoms with E-state index in [9.17, 15) is 14.4 Å². The quantitative estimate of drug-likeness (QED) is 0.858. The van der Waals surface area contributed by atoms with E-state index in [1.165, 1.54) is 0 Å². The maximum absolute atomic E-state index is 12.3. The topological polar surface area (TPSA) is 79.4 Å². The summed E-state index contributed by atoms with van der Waals surface area (Å²) in [6.45, 7) is 1.68. The lowest BCUT2D eigenvalue weighted by Gasteiger charge is -2.19. The molecule has 2 heterocycles. The minimum atomic E-state index is -0.390. The third-order valence-electron chi connectivity index (χ3n) is 4.42. The van der Waals surface area contributed by atoms with Crippen LogP contribution in [0, 0.1) is 18.8 Å². The van der Waals surface area contributed by atoms with Crippen LogP contribution < -0.4 is 5.32 Å². The van der Waals surface area contributed by atoms with Gasteiger partial charge in [-0.05, 0) is 37.5 Å². The summed E-state index contributed by atoms with van der Waals surface area (Å²) in [7, 11) is 0. The Morgan fingerprint density at radius 1 is 1.27 bits per heavy atom. The number of likely N-dealkylation sites (tertiary alicyclic amines) is 1. The van der Waals surface area contributed by atoms with Gasteiger partial charge >= 0.3 is 0 Å². The van der Waals surface area contributed by atoms with Crippen molar-refractivity contribution in [2.45, 2.75) is 32.6 Å². The number of rotatable bonds is 3. The molecule has 0 spiro atoms. The molecule has 116 valence electrons. The molecular formula is C16H19N3O3. The number of pyridine rings is 1. The molecule has 1 saturated carbocycles. The number of hydrogen-bond donors (Lipinski definition) is 1. The van der Waals surface area contributed by atoms with Gasteiger partial charge in [0.05, 0.1) is 11.8 Å². The van der Waals surface area contributed by atoms with Crippen LogP contribution in [0.25, 0.3) is 0 Å². The highest BCUT2D eigenvalue weighted by Gasteiger charge is 2.48. The van der Waals surface area contributed by atoms with E-state index in [2.05, 4.69) is 10.3 Å². The van der Waals surface area contributed by atoms with Crippen molar-refractivity contribution in [1.82, 2.24) is 9.88 Å². The van der Waals surface area contributed by atoms with Crippen molar-refractivity contribution in [2.75, 3.05) is 11.9 Å². The molecule has 22 heavy (non-hydrogen) atoms. The van der Waals surface area contributed by atoms with Gasteiger partial charge in [0, 0.05) is 6.20 Å². The predicted octanol–water partition coefficient (Wildman–Crippen LogP) is 1.50. The maximum atomic E-state index is 12.3. The molecule has 2 unspecified atom stereocenters. The minimum Gasteiger partial charge on any atom is -0.309 e. The van der Waals surface area contributed by atoms with Crippen LogP contribution in [0.2, 0.25) is 0 Å². The van der Waals surface area contributed by atoms with Crippen LogP contribution in [0.1, 0.15) is 31.2 Å². The molecule has 1 saturated heterocycles. The molecule has 1 aromatic heterocycles. The van der Waals surface area contributed by atoms with E-state index in [-0.39, 0.29) is 30.2 Å². The Morgan fingerprint density at radius 3 is 2.50 bits per heavy atom. The fraction of sp³-hybridized carbons (Fsp3) is 0.500. The SMILES string of the molecule is Cc1ccnc(NC(=O)CN2C(=O)C3CCCCC3C2=O)c1. The van der Waals surface area contributed by atoms with Crippen LogP contribution in [-0.4, -0.2) is 34.2 Å². The first-order chi connectivity index (χ1) is 10.6.